The van der Waals surface area contributed by atoms with Crippen molar-refractivity contribution >= 4 is 5.91 Å². The monoisotopic (exact) mass is 262 g/mol. The van der Waals surface area contributed by atoms with Crippen LogP contribution in [-0.4, -0.2) is 19.1 Å². The first-order chi connectivity index (χ1) is 9.17. The van der Waals surface area contributed by atoms with Crippen molar-refractivity contribution in [3.8, 4) is 5.75 Å². The number of carbonyl (C=O) groups excluding carboxylic acids is 1. The van der Waals surface area contributed by atoms with Crippen molar-refractivity contribution in [2.24, 2.45) is 5.73 Å². The van der Waals surface area contributed by atoms with Crippen LogP contribution in [0.1, 0.15) is 43.4 Å². The van der Waals surface area contributed by atoms with Crippen LogP contribution in [0.4, 0.5) is 0 Å². The zero-order valence-electron chi connectivity index (χ0n) is 11.6. The summed E-state index contributed by atoms with van der Waals surface area (Å²) in [4.78, 5) is 12.0. The number of fused-ring (bicyclic) bond motifs is 1. The predicted molar refractivity (Wildman–Crippen MR) is 75.1 cm³/mol. The first-order valence-electron chi connectivity index (χ1n) is 6.89. The molecule has 0 spiro atoms. The zero-order chi connectivity index (χ0) is 13.8. The molecule has 4 nitrogen and oxygen atoms in total. The molecule has 2 unspecified atom stereocenters. The van der Waals surface area contributed by atoms with E-state index in [9.17, 15) is 4.79 Å². The minimum atomic E-state index is -0.403. The summed E-state index contributed by atoms with van der Waals surface area (Å²) in [5.74, 6) is 0.856. The van der Waals surface area contributed by atoms with E-state index in [1.807, 2.05) is 19.1 Å². The standard InChI is InChI=1S/C15H22N2O2/c1-3-5-12(16)15(18)17-13-9-8-11-10(13)6-4-7-14(11)19-2/h4,6-7,12-13H,3,5,8-9,16H2,1-2H3,(H,17,18). The average molecular weight is 262 g/mol. The van der Waals surface area contributed by atoms with E-state index in [2.05, 4.69) is 11.4 Å². The Balaban J connectivity index is 2.08. The van der Waals surface area contributed by atoms with Crippen molar-refractivity contribution in [2.75, 3.05) is 7.11 Å². The van der Waals surface area contributed by atoms with E-state index in [4.69, 9.17) is 10.5 Å². The summed E-state index contributed by atoms with van der Waals surface area (Å²) in [6.45, 7) is 2.03. The van der Waals surface area contributed by atoms with Crippen LogP contribution in [0.15, 0.2) is 18.2 Å². The highest BCUT2D eigenvalue weighted by Crippen LogP contribution is 2.36. The number of nitrogens with one attached hydrogen (secondary N) is 1. The van der Waals surface area contributed by atoms with Crippen LogP contribution in [0.25, 0.3) is 0 Å². The number of hydrogen-bond acceptors (Lipinski definition) is 3. The van der Waals surface area contributed by atoms with Crippen molar-refractivity contribution in [3.05, 3.63) is 29.3 Å². The maximum Gasteiger partial charge on any atom is 0.237 e. The summed E-state index contributed by atoms with van der Waals surface area (Å²) >= 11 is 0. The second-order valence-electron chi connectivity index (χ2n) is 5.02. The summed E-state index contributed by atoms with van der Waals surface area (Å²) in [6, 6.07) is 5.65. The number of methoxy groups -OCH3 is 1. The van der Waals surface area contributed by atoms with Gasteiger partial charge in [-0.2, -0.15) is 0 Å². The fourth-order valence-corrected chi connectivity index (χ4v) is 2.68. The van der Waals surface area contributed by atoms with E-state index in [-0.39, 0.29) is 11.9 Å². The lowest BCUT2D eigenvalue weighted by atomic mass is 10.1. The highest BCUT2D eigenvalue weighted by atomic mass is 16.5. The van der Waals surface area contributed by atoms with Crippen LogP contribution in [0, 0.1) is 0 Å². The van der Waals surface area contributed by atoms with Gasteiger partial charge in [-0.25, -0.2) is 0 Å². The molecule has 0 fully saturated rings. The molecule has 0 heterocycles. The second-order valence-corrected chi connectivity index (χ2v) is 5.02. The van der Waals surface area contributed by atoms with E-state index < -0.39 is 6.04 Å². The summed E-state index contributed by atoms with van der Waals surface area (Å²) in [6.07, 6.45) is 3.50. The molecule has 1 aliphatic rings. The van der Waals surface area contributed by atoms with Gasteiger partial charge in [0.1, 0.15) is 5.75 Å². The molecule has 0 bridgehead atoms. The average Bonchev–Trinajstić information content (AvgIpc) is 2.82. The summed E-state index contributed by atoms with van der Waals surface area (Å²) in [7, 11) is 1.68. The molecular weight excluding hydrogens is 240 g/mol. The summed E-state index contributed by atoms with van der Waals surface area (Å²) < 4.78 is 5.36. The van der Waals surface area contributed by atoms with Gasteiger partial charge in [0, 0.05) is 0 Å². The molecule has 0 saturated carbocycles. The van der Waals surface area contributed by atoms with E-state index >= 15 is 0 Å². The van der Waals surface area contributed by atoms with Gasteiger partial charge in [-0.05, 0) is 36.5 Å². The van der Waals surface area contributed by atoms with Crippen molar-refractivity contribution in [1.29, 1.82) is 0 Å². The molecule has 3 N–H and O–H groups in total. The Morgan fingerprint density at radius 1 is 1.58 bits per heavy atom. The molecule has 0 radical (unpaired) electrons. The third kappa shape index (κ3) is 2.89. The summed E-state index contributed by atoms with van der Waals surface area (Å²) in [5, 5.41) is 3.05. The number of rotatable bonds is 5. The molecule has 2 rings (SSSR count). The van der Waals surface area contributed by atoms with E-state index in [1.165, 1.54) is 5.56 Å². The molecule has 0 aromatic heterocycles. The van der Waals surface area contributed by atoms with Gasteiger partial charge in [0.25, 0.3) is 0 Å². The third-order valence-electron chi connectivity index (χ3n) is 3.70. The maximum atomic E-state index is 12.0. The Kier molecular flexibility index (Phi) is 4.43. The molecule has 1 amide bonds. The van der Waals surface area contributed by atoms with Gasteiger partial charge in [0.2, 0.25) is 5.91 Å². The lowest BCUT2D eigenvalue weighted by Crippen LogP contribution is -2.41. The van der Waals surface area contributed by atoms with Crippen LogP contribution in [0.3, 0.4) is 0 Å². The molecule has 19 heavy (non-hydrogen) atoms. The molecule has 4 heteroatoms. The van der Waals surface area contributed by atoms with Gasteiger partial charge in [-0.15, -0.1) is 0 Å². The number of ether oxygens (including phenoxy) is 1. The number of benzene rings is 1. The molecule has 2 atom stereocenters. The number of amides is 1. The molecule has 1 aromatic carbocycles. The fourth-order valence-electron chi connectivity index (χ4n) is 2.68. The molecule has 1 aromatic rings. The number of nitrogens with two attached hydrogens (primary N) is 1. The lowest BCUT2D eigenvalue weighted by molar-refractivity contribution is -0.123. The van der Waals surface area contributed by atoms with Crippen LogP contribution < -0.4 is 15.8 Å². The fraction of sp³-hybridized carbons (Fsp3) is 0.533. The van der Waals surface area contributed by atoms with E-state index in [0.29, 0.717) is 0 Å². The summed E-state index contributed by atoms with van der Waals surface area (Å²) in [5.41, 5.74) is 8.22. The SMILES string of the molecule is CCCC(N)C(=O)NC1CCc2c(OC)cccc21. The molecular formula is C15H22N2O2. The predicted octanol–water partition coefficient (Wildman–Crippen LogP) is 1.93. The molecule has 0 saturated heterocycles. The number of hydrogen-bond donors (Lipinski definition) is 2. The van der Waals surface area contributed by atoms with Gasteiger partial charge in [0.05, 0.1) is 19.2 Å². The lowest BCUT2D eigenvalue weighted by Gasteiger charge is -2.17. The highest BCUT2D eigenvalue weighted by Gasteiger charge is 2.27. The van der Waals surface area contributed by atoms with Crippen molar-refractivity contribution in [2.45, 2.75) is 44.7 Å². The second kappa shape index (κ2) is 6.06. The highest BCUT2D eigenvalue weighted by molar-refractivity contribution is 5.82. The molecule has 1 aliphatic carbocycles. The van der Waals surface area contributed by atoms with Crippen LogP contribution in [0.2, 0.25) is 0 Å². The minimum absolute atomic E-state index is 0.0532. The van der Waals surface area contributed by atoms with Gasteiger partial charge < -0.3 is 15.8 Å². The smallest absolute Gasteiger partial charge is 0.237 e. The van der Waals surface area contributed by atoms with Gasteiger partial charge in [-0.1, -0.05) is 25.5 Å². The largest absolute Gasteiger partial charge is 0.496 e. The third-order valence-corrected chi connectivity index (χ3v) is 3.70. The first-order valence-corrected chi connectivity index (χ1v) is 6.89. The Morgan fingerprint density at radius 3 is 3.05 bits per heavy atom. The van der Waals surface area contributed by atoms with Crippen molar-refractivity contribution in [3.63, 3.8) is 0 Å². The quantitative estimate of drug-likeness (QED) is 0.852. The van der Waals surface area contributed by atoms with E-state index in [1.54, 1.807) is 7.11 Å². The topological polar surface area (TPSA) is 64.4 Å². The Bertz CT molecular complexity index is 459. The Hall–Kier alpha value is -1.55. The zero-order valence-corrected chi connectivity index (χ0v) is 11.6. The Morgan fingerprint density at radius 2 is 2.37 bits per heavy atom. The van der Waals surface area contributed by atoms with Crippen molar-refractivity contribution in [1.82, 2.24) is 5.32 Å². The van der Waals surface area contributed by atoms with Gasteiger partial charge in [-0.3, -0.25) is 4.79 Å². The Labute approximate surface area is 114 Å². The molecule has 0 aliphatic heterocycles. The minimum Gasteiger partial charge on any atom is -0.496 e. The van der Waals surface area contributed by atoms with E-state index in [0.717, 1.165) is 37.0 Å². The van der Waals surface area contributed by atoms with Gasteiger partial charge >= 0.3 is 0 Å². The van der Waals surface area contributed by atoms with Crippen LogP contribution in [-0.2, 0) is 11.2 Å². The maximum absolute atomic E-state index is 12.0. The van der Waals surface area contributed by atoms with Gasteiger partial charge in [0.15, 0.2) is 0 Å². The van der Waals surface area contributed by atoms with Crippen LogP contribution in [0.5, 0.6) is 5.75 Å². The molecule has 104 valence electrons. The number of carbonyl (C=O) groups is 1. The first kappa shape index (κ1) is 13.9. The normalized spacial score (nSPS) is 18.8. The van der Waals surface area contributed by atoms with Crippen molar-refractivity contribution < 1.29 is 9.53 Å². The van der Waals surface area contributed by atoms with Crippen LogP contribution >= 0.6 is 0 Å².